The van der Waals surface area contributed by atoms with Gasteiger partial charge in [0.05, 0.1) is 12.5 Å². The van der Waals surface area contributed by atoms with Gasteiger partial charge in [0.1, 0.15) is 0 Å². The Morgan fingerprint density at radius 2 is 1.85 bits per heavy atom. The van der Waals surface area contributed by atoms with Crippen molar-refractivity contribution >= 4 is 0 Å². The lowest BCUT2D eigenvalue weighted by molar-refractivity contribution is -0.185. The van der Waals surface area contributed by atoms with Crippen LogP contribution >= 0.6 is 0 Å². The molecule has 1 heterocycles. The lowest BCUT2D eigenvalue weighted by Gasteiger charge is -2.35. The van der Waals surface area contributed by atoms with Crippen LogP contribution in [0.15, 0.2) is 0 Å². The number of hydrogen-bond acceptors (Lipinski definition) is 3. The fourth-order valence-electron chi connectivity index (χ4n) is 2.87. The molecule has 0 radical (unpaired) electrons. The summed E-state index contributed by atoms with van der Waals surface area (Å²) >= 11 is 0. The molecule has 0 spiro atoms. The Hall–Kier alpha value is -0.330. The summed E-state index contributed by atoms with van der Waals surface area (Å²) in [5.74, 6) is -1.12. The Morgan fingerprint density at radius 1 is 1.25 bits per heavy atom. The van der Waals surface area contributed by atoms with Crippen LogP contribution in [0.1, 0.15) is 39.0 Å². The fraction of sp³-hybridized carbons (Fsp3) is 1.00. The summed E-state index contributed by atoms with van der Waals surface area (Å²) < 4.78 is 37.7. The SMILES string of the molecule is CCC(CO)(CCCN1CCC(C(F)(F)F)CC1)NC. The number of rotatable bonds is 7. The predicted octanol–water partition coefficient (Wildman–Crippen LogP) is 2.40. The van der Waals surface area contributed by atoms with Gasteiger partial charge in [-0.1, -0.05) is 6.92 Å². The fourth-order valence-corrected chi connectivity index (χ4v) is 2.87. The summed E-state index contributed by atoms with van der Waals surface area (Å²) in [7, 11) is 1.84. The molecule has 0 aliphatic carbocycles. The van der Waals surface area contributed by atoms with Gasteiger partial charge < -0.3 is 15.3 Å². The van der Waals surface area contributed by atoms with Crippen molar-refractivity contribution in [2.45, 2.75) is 50.7 Å². The molecule has 0 bridgehead atoms. The smallest absolute Gasteiger partial charge is 0.391 e. The summed E-state index contributed by atoms with van der Waals surface area (Å²) in [6.07, 6.45) is -1.02. The lowest BCUT2D eigenvalue weighted by atomic mass is 9.91. The van der Waals surface area contributed by atoms with Crippen molar-refractivity contribution in [3.8, 4) is 0 Å². The van der Waals surface area contributed by atoms with Gasteiger partial charge in [0.15, 0.2) is 0 Å². The largest absolute Gasteiger partial charge is 0.394 e. The van der Waals surface area contributed by atoms with E-state index < -0.39 is 12.1 Å². The van der Waals surface area contributed by atoms with E-state index in [0.717, 1.165) is 25.8 Å². The summed E-state index contributed by atoms with van der Waals surface area (Å²) in [5, 5.41) is 12.6. The predicted molar refractivity (Wildman–Crippen MR) is 73.6 cm³/mol. The molecular weight excluding hydrogens is 269 g/mol. The van der Waals surface area contributed by atoms with Crippen LogP contribution in [0.25, 0.3) is 0 Å². The second kappa shape index (κ2) is 7.61. The van der Waals surface area contributed by atoms with E-state index in [2.05, 4.69) is 10.2 Å². The zero-order valence-corrected chi connectivity index (χ0v) is 12.5. The van der Waals surface area contributed by atoms with Gasteiger partial charge in [0.25, 0.3) is 0 Å². The molecule has 2 N–H and O–H groups in total. The zero-order valence-electron chi connectivity index (χ0n) is 12.5. The van der Waals surface area contributed by atoms with Gasteiger partial charge in [-0.15, -0.1) is 0 Å². The highest BCUT2D eigenvalue weighted by Crippen LogP contribution is 2.34. The highest BCUT2D eigenvalue weighted by atomic mass is 19.4. The van der Waals surface area contributed by atoms with Gasteiger partial charge in [-0.2, -0.15) is 13.2 Å². The van der Waals surface area contributed by atoms with Crippen molar-refractivity contribution in [2.75, 3.05) is 33.3 Å². The standard InChI is InChI=1S/C14H27F3N2O/c1-3-13(11-20,18-2)7-4-8-19-9-5-12(6-10-19)14(15,16)17/h12,18,20H,3-11H2,1-2H3. The molecule has 0 aromatic rings. The van der Waals surface area contributed by atoms with E-state index in [0.29, 0.717) is 13.1 Å². The highest BCUT2D eigenvalue weighted by molar-refractivity contribution is 4.85. The molecule has 0 amide bonds. The quantitative estimate of drug-likeness (QED) is 0.757. The van der Waals surface area contributed by atoms with Gasteiger partial charge in [0, 0.05) is 5.54 Å². The van der Waals surface area contributed by atoms with E-state index in [9.17, 15) is 18.3 Å². The number of piperidine rings is 1. The third kappa shape index (κ3) is 4.90. The van der Waals surface area contributed by atoms with Gasteiger partial charge in [-0.25, -0.2) is 0 Å². The number of halogens is 3. The van der Waals surface area contributed by atoms with Crippen LogP contribution in [-0.2, 0) is 0 Å². The molecule has 0 saturated carbocycles. The van der Waals surface area contributed by atoms with E-state index >= 15 is 0 Å². The van der Waals surface area contributed by atoms with Gasteiger partial charge in [-0.05, 0) is 58.8 Å². The average Bonchev–Trinajstić information content (AvgIpc) is 2.44. The minimum absolute atomic E-state index is 0.0934. The minimum atomic E-state index is -4.04. The lowest BCUT2D eigenvalue weighted by Crippen LogP contribution is -2.46. The molecule has 20 heavy (non-hydrogen) atoms. The molecule has 1 aliphatic rings. The number of alkyl halides is 3. The average molecular weight is 296 g/mol. The van der Waals surface area contributed by atoms with E-state index in [4.69, 9.17) is 0 Å². The molecule has 1 fully saturated rings. The first-order valence-corrected chi connectivity index (χ1v) is 7.45. The Kier molecular flexibility index (Phi) is 6.75. The number of likely N-dealkylation sites (N-methyl/N-ethyl adjacent to an activating group) is 1. The van der Waals surface area contributed by atoms with Crippen LogP contribution in [0.5, 0.6) is 0 Å². The summed E-state index contributed by atoms with van der Waals surface area (Å²) in [6.45, 7) is 4.00. The number of nitrogens with one attached hydrogen (secondary N) is 1. The Balaban J connectivity index is 2.28. The number of hydrogen-bond donors (Lipinski definition) is 2. The zero-order chi connectivity index (χ0) is 15.2. The molecule has 0 aromatic heterocycles. The van der Waals surface area contributed by atoms with Crippen LogP contribution < -0.4 is 5.32 Å². The van der Waals surface area contributed by atoms with E-state index in [1.807, 2.05) is 14.0 Å². The monoisotopic (exact) mass is 296 g/mol. The highest BCUT2D eigenvalue weighted by Gasteiger charge is 2.40. The Labute approximate surface area is 119 Å². The number of aliphatic hydroxyl groups excluding tert-OH is 1. The van der Waals surface area contributed by atoms with E-state index in [1.54, 1.807) is 0 Å². The normalized spacial score (nSPS) is 21.9. The van der Waals surface area contributed by atoms with Crippen LogP contribution in [0.4, 0.5) is 13.2 Å². The molecule has 1 rings (SSSR count). The maximum Gasteiger partial charge on any atom is 0.391 e. The molecule has 3 nitrogen and oxygen atoms in total. The molecule has 120 valence electrons. The second-order valence-electron chi connectivity index (χ2n) is 5.80. The molecule has 1 saturated heterocycles. The Morgan fingerprint density at radius 3 is 2.25 bits per heavy atom. The molecule has 6 heteroatoms. The van der Waals surface area contributed by atoms with Gasteiger partial charge in [0.2, 0.25) is 0 Å². The molecule has 1 aliphatic heterocycles. The summed E-state index contributed by atoms with van der Waals surface area (Å²) in [6, 6.07) is 0. The maximum atomic E-state index is 12.6. The molecule has 1 unspecified atom stereocenters. The third-order valence-electron chi connectivity index (χ3n) is 4.69. The first-order chi connectivity index (χ1) is 9.37. The third-order valence-corrected chi connectivity index (χ3v) is 4.69. The Bertz CT molecular complexity index is 264. The maximum absolute atomic E-state index is 12.6. The van der Waals surface area contributed by atoms with Crippen molar-refractivity contribution < 1.29 is 18.3 Å². The van der Waals surface area contributed by atoms with Crippen molar-refractivity contribution in [3.05, 3.63) is 0 Å². The topological polar surface area (TPSA) is 35.5 Å². The second-order valence-corrected chi connectivity index (χ2v) is 5.80. The number of aliphatic hydroxyl groups is 1. The van der Waals surface area contributed by atoms with Gasteiger partial charge in [-0.3, -0.25) is 0 Å². The summed E-state index contributed by atoms with van der Waals surface area (Å²) in [4.78, 5) is 2.11. The van der Waals surface area contributed by atoms with E-state index in [-0.39, 0.29) is 25.0 Å². The first-order valence-electron chi connectivity index (χ1n) is 7.45. The van der Waals surface area contributed by atoms with Crippen molar-refractivity contribution in [1.82, 2.24) is 10.2 Å². The minimum Gasteiger partial charge on any atom is -0.394 e. The van der Waals surface area contributed by atoms with Crippen LogP contribution in [-0.4, -0.2) is 55.0 Å². The molecule has 1 atom stereocenters. The summed E-state index contributed by atoms with van der Waals surface area (Å²) in [5.41, 5.74) is -0.246. The van der Waals surface area contributed by atoms with Gasteiger partial charge >= 0.3 is 6.18 Å². The van der Waals surface area contributed by atoms with Crippen molar-refractivity contribution in [2.24, 2.45) is 5.92 Å². The molecular formula is C14H27F3N2O. The van der Waals surface area contributed by atoms with Crippen molar-refractivity contribution in [1.29, 1.82) is 0 Å². The number of nitrogens with zero attached hydrogens (tertiary/aromatic N) is 1. The van der Waals surface area contributed by atoms with Crippen LogP contribution in [0, 0.1) is 5.92 Å². The number of likely N-dealkylation sites (tertiary alicyclic amines) is 1. The van der Waals surface area contributed by atoms with Crippen LogP contribution in [0.2, 0.25) is 0 Å². The van der Waals surface area contributed by atoms with E-state index in [1.165, 1.54) is 0 Å². The van der Waals surface area contributed by atoms with Crippen LogP contribution in [0.3, 0.4) is 0 Å². The first kappa shape index (κ1) is 17.7. The van der Waals surface area contributed by atoms with Crippen molar-refractivity contribution in [3.63, 3.8) is 0 Å². The molecule has 0 aromatic carbocycles.